The Morgan fingerprint density at radius 3 is 2.75 bits per heavy atom. The van der Waals surface area contributed by atoms with Crippen molar-refractivity contribution < 1.29 is 0 Å². The lowest BCUT2D eigenvalue weighted by Crippen LogP contribution is -2.04. The van der Waals surface area contributed by atoms with Crippen LogP contribution in [0, 0.1) is 13.8 Å². The van der Waals surface area contributed by atoms with Gasteiger partial charge < -0.3 is 9.97 Å². The first-order valence-electron chi connectivity index (χ1n) is 5.28. The highest BCUT2D eigenvalue weighted by Gasteiger charge is 2.08. The zero-order valence-corrected chi connectivity index (χ0v) is 9.22. The summed E-state index contributed by atoms with van der Waals surface area (Å²) in [5.74, 6) is 0. The van der Waals surface area contributed by atoms with E-state index in [1.165, 1.54) is 5.56 Å². The predicted molar refractivity (Wildman–Crippen MR) is 65.9 cm³/mol. The fraction of sp³-hybridized carbons (Fsp3) is 0.154. The van der Waals surface area contributed by atoms with Crippen LogP contribution in [0.5, 0.6) is 0 Å². The van der Waals surface area contributed by atoms with E-state index < -0.39 is 0 Å². The molecule has 3 nitrogen and oxygen atoms in total. The van der Waals surface area contributed by atoms with Crippen LogP contribution >= 0.6 is 0 Å². The van der Waals surface area contributed by atoms with Gasteiger partial charge in [-0.15, -0.1) is 0 Å². The third-order valence-electron chi connectivity index (χ3n) is 3.03. The summed E-state index contributed by atoms with van der Waals surface area (Å²) >= 11 is 0. The van der Waals surface area contributed by atoms with Crippen molar-refractivity contribution in [1.29, 1.82) is 0 Å². The molecule has 0 unspecified atom stereocenters. The van der Waals surface area contributed by atoms with Gasteiger partial charge in [0.2, 0.25) is 5.56 Å². The third kappa shape index (κ3) is 1.11. The summed E-state index contributed by atoms with van der Waals surface area (Å²) in [5, 5.41) is 2.15. The van der Waals surface area contributed by atoms with Gasteiger partial charge in [0.25, 0.3) is 0 Å². The summed E-state index contributed by atoms with van der Waals surface area (Å²) < 4.78 is 0. The molecule has 2 N–H and O–H groups in total. The van der Waals surface area contributed by atoms with Gasteiger partial charge >= 0.3 is 0 Å². The number of fused-ring (bicyclic) bond motifs is 3. The number of aryl methyl sites for hydroxylation is 2. The standard InChI is InChI=1S/C13H12N2O/c1-7-4-3-5-10-12(7)9-6-11(16)14-8(2)13(9)15-10/h3-6,15H,1-2H3,(H,14,16). The molecule has 0 aliphatic rings. The Labute approximate surface area is 92.1 Å². The zero-order valence-electron chi connectivity index (χ0n) is 9.22. The normalized spacial score (nSPS) is 11.4. The first-order chi connectivity index (χ1) is 7.66. The lowest BCUT2D eigenvalue weighted by molar-refractivity contribution is 1.16. The summed E-state index contributed by atoms with van der Waals surface area (Å²) in [7, 11) is 0. The Morgan fingerprint density at radius 2 is 1.94 bits per heavy atom. The first-order valence-corrected chi connectivity index (χ1v) is 5.28. The Balaban J connectivity index is 2.68. The molecule has 3 heteroatoms. The van der Waals surface area contributed by atoms with Crippen molar-refractivity contribution in [2.75, 3.05) is 0 Å². The van der Waals surface area contributed by atoms with Gasteiger partial charge in [0.15, 0.2) is 0 Å². The monoisotopic (exact) mass is 212 g/mol. The number of benzene rings is 1. The molecule has 0 aliphatic carbocycles. The number of aromatic amines is 2. The van der Waals surface area contributed by atoms with Gasteiger partial charge in [0.1, 0.15) is 0 Å². The van der Waals surface area contributed by atoms with Crippen LogP contribution in [0.25, 0.3) is 21.8 Å². The van der Waals surface area contributed by atoms with Crippen molar-refractivity contribution in [1.82, 2.24) is 9.97 Å². The van der Waals surface area contributed by atoms with Crippen LogP contribution in [0.3, 0.4) is 0 Å². The number of aromatic nitrogens is 2. The molecular weight excluding hydrogens is 200 g/mol. The van der Waals surface area contributed by atoms with Gasteiger partial charge in [-0.3, -0.25) is 4.79 Å². The maximum Gasteiger partial charge on any atom is 0.248 e. The average molecular weight is 212 g/mol. The summed E-state index contributed by atoms with van der Waals surface area (Å²) in [4.78, 5) is 17.6. The van der Waals surface area contributed by atoms with Crippen LogP contribution in [-0.4, -0.2) is 9.97 Å². The van der Waals surface area contributed by atoms with Gasteiger partial charge in [0.05, 0.1) is 5.52 Å². The van der Waals surface area contributed by atoms with Crippen molar-refractivity contribution in [3.05, 3.63) is 45.9 Å². The highest BCUT2D eigenvalue weighted by molar-refractivity contribution is 6.09. The van der Waals surface area contributed by atoms with E-state index in [-0.39, 0.29) is 5.56 Å². The van der Waals surface area contributed by atoms with E-state index in [2.05, 4.69) is 23.0 Å². The molecule has 1 aromatic carbocycles. The van der Waals surface area contributed by atoms with E-state index >= 15 is 0 Å². The van der Waals surface area contributed by atoms with E-state index in [9.17, 15) is 4.79 Å². The number of pyridine rings is 1. The third-order valence-corrected chi connectivity index (χ3v) is 3.03. The van der Waals surface area contributed by atoms with E-state index in [4.69, 9.17) is 0 Å². The molecule has 0 radical (unpaired) electrons. The van der Waals surface area contributed by atoms with Crippen LogP contribution in [0.2, 0.25) is 0 Å². The van der Waals surface area contributed by atoms with Crippen LogP contribution in [0.4, 0.5) is 0 Å². The fourth-order valence-corrected chi connectivity index (χ4v) is 2.31. The topological polar surface area (TPSA) is 48.6 Å². The fourth-order valence-electron chi connectivity index (χ4n) is 2.31. The van der Waals surface area contributed by atoms with E-state index in [1.54, 1.807) is 6.07 Å². The Morgan fingerprint density at radius 1 is 1.12 bits per heavy atom. The number of nitrogens with one attached hydrogen (secondary N) is 2. The zero-order chi connectivity index (χ0) is 11.3. The number of hydrogen-bond acceptors (Lipinski definition) is 1. The Kier molecular flexibility index (Phi) is 1.72. The Hall–Kier alpha value is -2.03. The molecule has 3 aromatic rings. The second kappa shape index (κ2) is 2.98. The second-order valence-electron chi connectivity index (χ2n) is 4.17. The molecule has 0 saturated heterocycles. The smallest absolute Gasteiger partial charge is 0.248 e. The quantitative estimate of drug-likeness (QED) is 0.591. The van der Waals surface area contributed by atoms with Gasteiger partial charge in [0, 0.05) is 28.0 Å². The number of hydrogen-bond donors (Lipinski definition) is 2. The first kappa shape index (κ1) is 9.21. The second-order valence-corrected chi connectivity index (χ2v) is 4.17. The SMILES string of the molecule is Cc1[nH]c(=O)cc2c1[nH]c1cccc(C)c12. The molecule has 80 valence electrons. The highest BCUT2D eigenvalue weighted by Crippen LogP contribution is 2.27. The van der Waals surface area contributed by atoms with E-state index in [0.717, 1.165) is 27.5 Å². The predicted octanol–water partition coefficient (Wildman–Crippen LogP) is 2.63. The van der Waals surface area contributed by atoms with Crippen molar-refractivity contribution in [3.63, 3.8) is 0 Å². The lowest BCUT2D eigenvalue weighted by Gasteiger charge is -1.96. The minimum Gasteiger partial charge on any atom is -0.353 e. The average Bonchev–Trinajstić information content (AvgIpc) is 2.58. The Bertz CT molecular complexity index is 750. The summed E-state index contributed by atoms with van der Waals surface area (Å²) in [6.07, 6.45) is 0. The molecule has 2 heterocycles. The van der Waals surface area contributed by atoms with Crippen LogP contribution < -0.4 is 5.56 Å². The number of H-pyrrole nitrogens is 2. The van der Waals surface area contributed by atoms with Crippen molar-refractivity contribution >= 4 is 21.8 Å². The van der Waals surface area contributed by atoms with Crippen LogP contribution in [0.15, 0.2) is 29.1 Å². The van der Waals surface area contributed by atoms with Crippen molar-refractivity contribution in [2.45, 2.75) is 13.8 Å². The molecule has 2 aromatic heterocycles. The summed E-state index contributed by atoms with van der Waals surface area (Å²) in [5.41, 5.74) is 4.13. The highest BCUT2D eigenvalue weighted by atomic mass is 16.1. The van der Waals surface area contributed by atoms with E-state index in [0.29, 0.717) is 0 Å². The molecule has 0 spiro atoms. The van der Waals surface area contributed by atoms with Gasteiger partial charge in [-0.1, -0.05) is 12.1 Å². The van der Waals surface area contributed by atoms with Gasteiger partial charge in [-0.2, -0.15) is 0 Å². The molecule has 16 heavy (non-hydrogen) atoms. The summed E-state index contributed by atoms with van der Waals surface area (Å²) in [6, 6.07) is 7.77. The van der Waals surface area contributed by atoms with Crippen molar-refractivity contribution in [2.24, 2.45) is 0 Å². The number of rotatable bonds is 0. The van der Waals surface area contributed by atoms with Crippen molar-refractivity contribution in [3.8, 4) is 0 Å². The summed E-state index contributed by atoms with van der Waals surface area (Å²) in [6.45, 7) is 3.97. The largest absolute Gasteiger partial charge is 0.353 e. The van der Waals surface area contributed by atoms with Gasteiger partial charge in [-0.25, -0.2) is 0 Å². The van der Waals surface area contributed by atoms with E-state index in [1.807, 2.05) is 19.1 Å². The molecule has 3 rings (SSSR count). The van der Waals surface area contributed by atoms with Crippen LogP contribution in [0.1, 0.15) is 11.3 Å². The molecular formula is C13H12N2O. The molecule has 0 amide bonds. The molecule has 0 saturated carbocycles. The molecule has 0 aliphatic heterocycles. The minimum absolute atomic E-state index is 0.0471. The molecule has 0 fully saturated rings. The molecule has 0 bridgehead atoms. The minimum atomic E-state index is -0.0471. The van der Waals surface area contributed by atoms with Crippen LogP contribution in [-0.2, 0) is 0 Å². The maximum atomic E-state index is 11.5. The van der Waals surface area contributed by atoms with Gasteiger partial charge in [-0.05, 0) is 25.5 Å². The maximum absolute atomic E-state index is 11.5. The molecule has 0 atom stereocenters. The lowest BCUT2D eigenvalue weighted by atomic mass is 10.1.